The Morgan fingerprint density at radius 3 is 2.21 bits per heavy atom. The van der Waals surface area contributed by atoms with Crippen molar-refractivity contribution in [3.05, 3.63) is 65.2 Å². The van der Waals surface area contributed by atoms with E-state index in [4.69, 9.17) is 4.74 Å². The predicted molar refractivity (Wildman–Crippen MR) is 125 cm³/mol. The number of amides is 1. The van der Waals surface area contributed by atoms with Crippen molar-refractivity contribution < 1.29 is 27.5 Å². The minimum atomic E-state index is -4.53. The Morgan fingerprint density at radius 2 is 1.68 bits per heavy atom. The Hall–Kier alpha value is -2.83. The van der Waals surface area contributed by atoms with E-state index < -0.39 is 34.9 Å². The summed E-state index contributed by atoms with van der Waals surface area (Å²) in [5.41, 5.74) is 1.26. The summed E-state index contributed by atoms with van der Waals surface area (Å²) < 4.78 is 46.3. The number of ether oxygens (including phenoxy) is 1. The topological polar surface area (TPSA) is 55.4 Å². The standard InChI is InChI=1S/C27H32F3NO3/c1-17-9-11-20(12-10-17)22(18(2)27(28,29)30)23(32)31-21-8-6-7-19(15-21)16-26(13-14-26)24(33)34-25(3,4)5/h6-12,15,18,22H,13-14,16H2,1-5H3,(H,31,32). The first kappa shape index (κ1) is 25.8. The van der Waals surface area contributed by atoms with Gasteiger partial charge in [0.15, 0.2) is 0 Å². The average Bonchev–Trinajstić information content (AvgIpc) is 3.48. The summed E-state index contributed by atoms with van der Waals surface area (Å²) in [6.07, 6.45) is -2.64. The number of hydrogen-bond acceptors (Lipinski definition) is 3. The van der Waals surface area contributed by atoms with Crippen LogP contribution in [0.1, 0.15) is 63.1 Å². The number of hydrogen-bond donors (Lipinski definition) is 1. The first-order chi connectivity index (χ1) is 15.7. The van der Waals surface area contributed by atoms with Gasteiger partial charge in [0.05, 0.1) is 17.3 Å². The fourth-order valence-electron chi connectivity index (χ4n) is 3.99. The highest BCUT2D eigenvalue weighted by atomic mass is 19.4. The average molecular weight is 476 g/mol. The molecule has 0 spiro atoms. The SMILES string of the molecule is Cc1ccc(C(C(=O)Nc2cccc(CC3(C(=O)OC(C)(C)C)CC3)c2)C(C)C(F)(F)F)cc1. The lowest BCUT2D eigenvalue weighted by Gasteiger charge is -2.26. The number of alkyl halides is 3. The van der Waals surface area contributed by atoms with Gasteiger partial charge in [-0.1, -0.05) is 48.9 Å². The molecule has 4 nitrogen and oxygen atoms in total. The highest BCUT2D eigenvalue weighted by Crippen LogP contribution is 2.50. The summed E-state index contributed by atoms with van der Waals surface area (Å²) in [7, 11) is 0. The molecule has 0 bridgehead atoms. The summed E-state index contributed by atoms with van der Waals surface area (Å²) in [6.45, 7) is 8.33. The molecule has 34 heavy (non-hydrogen) atoms. The molecule has 7 heteroatoms. The van der Waals surface area contributed by atoms with Gasteiger partial charge in [-0.05, 0) is 70.2 Å². The molecular formula is C27H32F3NO3. The summed E-state index contributed by atoms with van der Waals surface area (Å²) in [6, 6.07) is 13.5. The van der Waals surface area contributed by atoms with Gasteiger partial charge in [-0.3, -0.25) is 9.59 Å². The number of aryl methyl sites for hydroxylation is 1. The molecule has 1 N–H and O–H groups in total. The molecule has 1 aliphatic carbocycles. The van der Waals surface area contributed by atoms with Crippen LogP contribution in [0.2, 0.25) is 0 Å². The van der Waals surface area contributed by atoms with Gasteiger partial charge in [0.2, 0.25) is 5.91 Å². The van der Waals surface area contributed by atoms with Crippen molar-refractivity contribution >= 4 is 17.6 Å². The fourth-order valence-corrected chi connectivity index (χ4v) is 3.99. The zero-order valence-corrected chi connectivity index (χ0v) is 20.3. The number of esters is 1. The van der Waals surface area contributed by atoms with Gasteiger partial charge >= 0.3 is 12.1 Å². The van der Waals surface area contributed by atoms with E-state index in [1.807, 2.05) is 33.8 Å². The van der Waals surface area contributed by atoms with Gasteiger partial charge in [-0.2, -0.15) is 13.2 Å². The van der Waals surface area contributed by atoms with E-state index >= 15 is 0 Å². The Bertz CT molecular complexity index is 1030. The molecular weight excluding hydrogens is 443 g/mol. The largest absolute Gasteiger partial charge is 0.460 e. The highest BCUT2D eigenvalue weighted by Gasteiger charge is 2.52. The van der Waals surface area contributed by atoms with E-state index in [0.717, 1.165) is 30.9 Å². The molecule has 0 aliphatic heterocycles. The minimum Gasteiger partial charge on any atom is -0.460 e. The molecule has 1 saturated carbocycles. The Balaban J connectivity index is 1.79. The maximum absolute atomic E-state index is 13.6. The second kappa shape index (κ2) is 9.43. The number of nitrogens with one attached hydrogen (secondary N) is 1. The molecule has 0 saturated heterocycles. The van der Waals surface area contributed by atoms with Crippen LogP contribution in [-0.4, -0.2) is 23.7 Å². The van der Waals surface area contributed by atoms with Crippen molar-refractivity contribution in [3.63, 3.8) is 0 Å². The van der Waals surface area contributed by atoms with E-state index in [1.165, 1.54) is 0 Å². The van der Waals surface area contributed by atoms with E-state index in [1.54, 1.807) is 42.5 Å². The lowest BCUT2D eigenvalue weighted by molar-refractivity contribution is -0.178. The maximum Gasteiger partial charge on any atom is 0.392 e. The Morgan fingerprint density at radius 1 is 1.06 bits per heavy atom. The molecule has 2 aromatic carbocycles. The van der Waals surface area contributed by atoms with Gasteiger partial charge in [0.1, 0.15) is 5.60 Å². The molecule has 1 fully saturated rings. The third-order valence-electron chi connectivity index (χ3n) is 6.16. The lowest BCUT2D eigenvalue weighted by atomic mass is 9.85. The number of anilines is 1. The van der Waals surface area contributed by atoms with Crippen molar-refractivity contribution in [2.45, 2.75) is 71.6 Å². The van der Waals surface area contributed by atoms with E-state index in [0.29, 0.717) is 17.7 Å². The summed E-state index contributed by atoms with van der Waals surface area (Å²) in [5, 5.41) is 2.67. The molecule has 0 heterocycles. The zero-order chi connectivity index (χ0) is 25.3. The van der Waals surface area contributed by atoms with Crippen molar-refractivity contribution in [1.29, 1.82) is 0 Å². The Kier molecular flexibility index (Phi) is 7.15. The predicted octanol–water partition coefficient (Wildman–Crippen LogP) is 6.58. The molecule has 0 radical (unpaired) electrons. The number of carbonyl (C=O) groups is 2. The third-order valence-corrected chi connectivity index (χ3v) is 6.16. The number of halogens is 3. The van der Waals surface area contributed by atoms with Crippen molar-refractivity contribution in [2.75, 3.05) is 5.32 Å². The number of carbonyl (C=O) groups excluding carboxylic acids is 2. The van der Waals surface area contributed by atoms with Crippen molar-refractivity contribution in [2.24, 2.45) is 11.3 Å². The van der Waals surface area contributed by atoms with Crippen LogP contribution in [0.3, 0.4) is 0 Å². The maximum atomic E-state index is 13.6. The molecule has 2 atom stereocenters. The van der Waals surface area contributed by atoms with Crippen LogP contribution >= 0.6 is 0 Å². The summed E-state index contributed by atoms with van der Waals surface area (Å²) in [4.78, 5) is 25.7. The van der Waals surface area contributed by atoms with Crippen LogP contribution in [0.15, 0.2) is 48.5 Å². The second-order valence-corrected chi connectivity index (χ2v) is 10.4. The van der Waals surface area contributed by atoms with Crippen LogP contribution in [-0.2, 0) is 20.7 Å². The van der Waals surface area contributed by atoms with Crippen LogP contribution in [0.4, 0.5) is 18.9 Å². The molecule has 0 aromatic heterocycles. The first-order valence-corrected chi connectivity index (χ1v) is 11.5. The Labute approximate surface area is 198 Å². The van der Waals surface area contributed by atoms with Gasteiger partial charge in [0.25, 0.3) is 0 Å². The molecule has 1 aliphatic rings. The molecule has 184 valence electrons. The molecule has 2 unspecified atom stereocenters. The van der Waals surface area contributed by atoms with Crippen LogP contribution in [0.5, 0.6) is 0 Å². The number of benzene rings is 2. The fraction of sp³-hybridized carbons (Fsp3) is 0.481. The molecule has 2 aromatic rings. The molecule has 3 rings (SSSR count). The normalized spacial score (nSPS) is 16.9. The van der Waals surface area contributed by atoms with Gasteiger partial charge in [0, 0.05) is 5.69 Å². The summed E-state index contributed by atoms with van der Waals surface area (Å²) >= 11 is 0. The summed E-state index contributed by atoms with van der Waals surface area (Å²) in [5.74, 6) is -4.21. The van der Waals surface area contributed by atoms with E-state index in [2.05, 4.69) is 5.32 Å². The quantitative estimate of drug-likeness (QED) is 0.460. The first-order valence-electron chi connectivity index (χ1n) is 11.5. The smallest absolute Gasteiger partial charge is 0.392 e. The minimum absolute atomic E-state index is 0.243. The number of rotatable bonds is 7. The highest BCUT2D eigenvalue weighted by molar-refractivity contribution is 5.96. The molecule has 1 amide bonds. The third kappa shape index (κ3) is 6.39. The van der Waals surface area contributed by atoms with Crippen molar-refractivity contribution in [1.82, 2.24) is 0 Å². The van der Waals surface area contributed by atoms with Gasteiger partial charge in [-0.15, -0.1) is 0 Å². The van der Waals surface area contributed by atoms with E-state index in [9.17, 15) is 22.8 Å². The van der Waals surface area contributed by atoms with Crippen LogP contribution < -0.4 is 5.32 Å². The van der Waals surface area contributed by atoms with Gasteiger partial charge in [-0.25, -0.2) is 0 Å². The lowest BCUT2D eigenvalue weighted by Crippen LogP contribution is -2.34. The van der Waals surface area contributed by atoms with Gasteiger partial charge < -0.3 is 10.1 Å². The van der Waals surface area contributed by atoms with Crippen LogP contribution in [0.25, 0.3) is 0 Å². The van der Waals surface area contributed by atoms with E-state index in [-0.39, 0.29) is 5.97 Å². The monoisotopic (exact) mass is 475 g/mol. The zero-order valence-electron chi connectivity index (χ0n) is 20.3. The van der Waals surface area contributed by atoms with Crippen LogP contribution in [0, 0.1) is 18.3 Å². The second-order valence-electron chi connectivity index (χ2n) is 10.4. The van der Waals surface area contributed by atoms with Crippen molar-refractivity contribution in [3.8, 4) is 0 Å².